The summed E-state index contributed by atoms with van der Waals surface area (Å²) in [5.41, 5.74) is 2.84. The summed E-state index contributed by atoms with van der Waals surface area (Å²) in [5, 5.41) is 10.9. The Hall–Kier alpha value is -3.23. The second-order valence-corrected chi connectivity index (χ2v) is 10.2. The number of nitro groups is 1. The number of nitrogens with zero attached hydrogens (tertiary/aromatic N) is 3. The molecule has 0 radical (unpaired) electrons. The fraction of sp³-hybridized carbons (Fsp3) is 0.280. The number of non-ortho nitro benzene ring substituents is 1. The van der Waals surface area contributed by atoms with Gasteiger partial charge in [-0.15, -0.1) is 0 Å². The molecule has 3 aromatic carbocycles. The van der Waals surface area contributed by atoms with E-state index in [0.29, 0.717) is 30.0 Å². The Kier molecular flexibility index (Phi) is 6.76. The predicted molar refractivity (Wildman–Crippen MR) is 129 cm³/mol. The van der Waals surface area contributed by atoms with Crippen molar-refractivity contribution in [2.75, 3.05) is 17.4 Å². The predicted octanol–water partition coefficient (Wildman–Crippen LogP) is 4.76. The average molecular weight is 466 g/mol. The van der Waals surface area contributed by atoms with E-state index in [9.17, 15) is 18.5 Å². The van der Waals surface area contributed by atoms with Crippen molar-refractivity contribution < 1.29 is 13.3 Å². The smallest absolute Gasteiger partial charge is 0.269 e. The number of rotatable bonds is 7. The summed E-state index contributed by atoms with van der Waals surface area (Å²) in [6.45, 7) is 4.15. The van der Waals surface area contributed by atoms with Gasteiger partial charge in [0.25, 0.3) is 15.7 Å². The average Bonchev–Trinajstić information content (AvgIpc) is 2.82. The van der Waals surface area contributed by atoms with Crippen molar-refractivity contribution in [1.29, 1.82) is 0 Å². The highest BCUT2D eigenvalue weighted by atomic mass is 32.2. The van der Waals surface area contributed by atoms with E-state index in [0.717, 1.165) is 24.2 Å². The molecule has 1 heterocycles. The molecule has 172 valence electrons. The lowest BCUT2D eigenvalue weighted by molar-refractivity contribution is -0.384. The molecule has 0 aromatic heterocycles. The van der Waals surface area contributed by atoms with Crippen LogP contribution in [0.3, 0.4) is 0 Å². The normalized spacial score (nSPS) is 15.3. The molecule has 8 heteroatoms. The highest BCUT2D eigenvalue weighted by Gasteiger charge is 2.34. The molecule has 0 amide bonds. The zero-order chi connectivity index (χ0) is 23.4. The van der Waals surface area contributed by atoms with Crippen LogP contribution in [-0.2, 0) is 16.6 Å². The number of nitro benzene ring substituents is 1. The van der Waals surface area contributed by atoms with Crippen LogP contribution in [0.1, 0.15) is 24.0 Å². The van der Waals surface area contributed by atoms with Gasteiger partial charge in [-0.1, -0.05) is 48.0 Å². The molecule has 0 N–H and O–H groups in total. The summed E-state index contributed by atoms with van der Waals surface area (Å²) < 4.78 is 28.9. The standard InChI is InChI=1S/C25H27N3O4S/c1-20-7-11-22(12-8-20)27(33(31,32)25-5-3-2-4-6-25)23-15-17-26(18-16-23)19-21-9-13-24(14-10-21)28(29)30/h2-14,23H,15-19H2,1H3. The van der Waals surface area contributed by atoms with Crippen molar-refractivity contribution in [3.63, 3.8) is 0 Å². The molecule has 3 aromatic rings. The van der Waals surface area contributed by atoms with Crippen LogP contribution in [0.2, 0.25) is 0 Å². The van der Waals surface area contributed by atoms with Crippen LogP contribution in [0.15, 0.2) is 83.8 Å². The number of hydrogen-bond donors (Lipinski definition) is 0. The van der Waals surface area contributed by atoms with E-state index >= 15 is 0 Å². The molecule has 33 heavy (non-hydrogen) atoms. The highest BCUT2D eigenvalue weighted by Crippen LogP contribution is 2.31. The Morgan fingerprint density at radius 2 is 1.55 bits per heavy atom. The number of likely N-dealkylation sites (tertiary alicyclic amines) is 1. The number of anilines is 1. The highest BCUT2D eigenvalue weighted by molar-refractivity contribution is 7.92. The molecular weight excluding hydrogens is 438 g/mol. The fourth-order valence-electron chi connectivity index (χ4n) is 4.24. The zero-order valence-electron chi connectivity index (χ0n) is 18.5. The molecule has 1 aliphatic heterocycles. The number of hydrogen-bond acceptors (Lipinski definition) is 5. The molecular formula is C25H27N3O4S. The molecule has 0 bridgehead atoms. The second kappa shape index (κ2) is 9.72. The Morgan fingerprint density at radius 1 is 0.939 bits per heavy atom. The van der Waals surface area contributed by atoms with Gasteiger partial charge in [0, 0.05) is 37.8 Å². The van der Waals surface area contributed by atoms with E-state index in [4.69, 9.17) is 0 Å². The number of benzene rings is 3. The number of piperidine rings is 1. The molecule has 1 aliphatic rings. The van der Waals surface area contributed by atoms with E-state index in [2.05, 4.69) is 4.90 Å². The molecule has 0 atom stereocenters. The quantitative estimate of drug-likeness (QED) is 0.371. The van der Waals surface area contributed by atoms with E-state index in [1.165, 1.54) is 12.1 Å². The van der Waals surface area contributed by atoms with E-state index in [1.54, 1.807) is 40.7 Å². The van der Waals surface area contributed by atoms with Gasteiger partial charge in [-0.2, -0.15) is 0 Å². The molecule has 1 saturated heterocycles. The van der Waals surface area contributed by atoms with Crippen LogP contribution in [0, 0.1) is 17.0 Å². The third kappa shape index (κ3) is 5.23. The van der Waals surface area contributed by atoms with Crippen LogP contribution < -0.4 is 4.31 Å². The van der Waals surface area contributed by atoms with Crippen LogP contribution in [-0.4, -0.2) is 37.4 Å². The Morgan fingerprint density at radius 3 is 2.12 bits per heavy atom. The van der Waals surface area contributed by atoms with E-state index in [-0.39, 0.29) is 11.7 Å². The maximum absolute atomic E-state index is 13.6. The van der Waals surface area contributed by atoms with Gasteiger partial charge in [0.2, 0.25) is 0 Å². The summed E-state index contributed by atoms with van der Waals surface area (Å²) >= 11 is 0. The minimum absolute atomic E-state index is 0.0808. The van der Waals surface area contributed by atoms with Crippen LogP contribution in [0.25, 0.3) is 0 Å². The minimum Gasteiger partial charge on any atom is -0.299 e. The Balaban J connectivity index is 1.52. The van der Waals surface area contributed by atoms with Crippen molar-refractivity contribution in [2.45, 2.75) is 37.2 Å². The summed E-state index contributed by atoms with van der Waals surface area (Å²) in [6, 6.07) is 22.7. The van der Waals surface area contributed by atoms with E-state index < -0.39 is 14.9 Å². The van der Waals surface area contributed by atoms with Crippen molar-refractivity contribution in [3.05, 3.63) is 100 Å². The summed E-state index contributed by atoms with van der Waals surface area (Å²) in [5.74, 6) is 0. The maximum atomic E-state index is 13.6. The fourth-order valence-corrected chi connectivity index (χ4v) is 5.97. The topological polar surface area (TPSA) is 83.8 Å². The Labute approximate surface area is 194 Å². The number of sulfonamides is 1. The van der Waals surface area contributed by atoms with Crippen LogP contribution in [0.4, 0.5) is 11.4 Å². The monoisotopic (exact) mass is 465 g/mol. The van der Waals surface area contributed by atoms with Gasteiger partial charge in [0.15, 0.2) is 0 Å². The lowest BCUT2D eigenvalue weighted by Crippen LogP contribution is -2.47. The van der Waals surface area contributed by atoms with Gasteiger partial charge in [0.1, 0.15) is 0 Å². The Bertz CT molecular complexity index is 1190. The third-order valence-corrected chi connectivity index (χ3v) is 7.93. The van der Waals surface area contributed by atoms with Gasteiger partial charge in [-0.3, -0.25) is 19.3 Å². The second-order valence-electron chi connectivity index (χ2n) is 8.38. The maximum Gasteiger partial charge on any atom is 0.269 e. The van der Waals surface area contributed by atoms with E-state index in [1.807, 2.05) is 37.3 Å². The van der Waals surface area contributed by atoms with Crippen molar-refractivity contribution >= 4 is 21.4 Å². The van der Waals surface area contributed by atoms with Gasteiger partial charge in [0.05, 0.1) is 15.5 Å². The molecule has 0 saturated carbocycles. The summed E-state index contributed by atoms with van der Waals surface area (Å²) in [4.78, 5) is 13.0. The minimum atomic E-state index is -3.70. The lowest BCUT2D eigenvalue weighted by atomic mass is 10.0. The molecule has 1 fully saturated rings. The molecule has 0 unspecified atom stereocenters. The molecule has 7 nitrogen and oxygen atoms in total. The van der Waals surface area contributed by atoms with Crippen LogP contribution in [0.5, 0.6) is 0 Å². The van der Waals surface area contributed by atoms with Gasteiger partial charge >= 0.3 is 0 Å². The first-order valence-electron chi connectivity index (χ1n) is 11.0. The first-order valence-corrected chi connectivity index (χ1v) is 12.4. The van der Waals surface area contributed by atoms with Gasteiger partial charge in [-0.05, 0) is 49.6 Å². The molecule has 0 aliphatic carbocycles. The molecule has 4 rings (SSSR count). The zero-order valence-corrected chi connectivity index (χ0v) is 19.3. The summed E-state index contributed by atoms with van der Waals surface area (Å²) in [7, 11) is -3.70. The first-order chi connectivity index (χ1) is 15.8. The van der Waals surface area contributed by atoms with Gasteiger partial charge < -0.3 is 0 Å². The lowest BCUT2D eigenvalue weighted by Gasteiger charge is -2.39. The van der Waals surface area contributed by atoms with Crippen molar-refractivity contribution in [1.82, 2.24) is 4.90 Å². The largest absolute Gasteiger partial charge is 0.299 e. The van der Waals surface area contributed by atoms with Crippen LogP contribution >= 0.6 is 0 Å². The number of aryl methyl sites for hydroxylation is 1. The summed E-state index contributed by atoms with van der Waals surface area (Å²) in [6.07, 6.45) is 1.40. The SMILES string of the molecule is Cc1ccc(N(C2CCN(Cc3ccc([N+](=O)[O-])cc3)CC2)S(=O)(=O)c2ccccc2)cc1. The first kappa shape index (κ1) is 22.9. The van der Waals surface area contributed by atoms with Gasteiger partial charge in [-0.25, -0.2) is 8.42 Å². The third-order valence-electron chi connectivity index (χ3n) is 6.03. The van der Waals surface area contributed by atoms with Crippen molar-refractivity contribution in [2.24, 2.45) is 0 Å². The molecule has 0 spiro atoms. The van der Waals surface area contributed by atoms with Crippen molar-refractivity contribution in [3.8, 4) is 0 Å².